The lowest BCUT2D eigenvalue weighted by atomic mass is 10.2. The number of halogens is 2. The molecule has 118 valence electrons. The Balaban J connectivity index is 1.69. The van der Waals surface area contributed by atoms with Gasteiger partial charge in [0, 0.05) is 9.50 Å². The smallest absolute Gasteiger partial charge is 0.336 e. The Morgan fingerprint density at radius 3 is 2.65 bits per heavy atom. The molecule has 0 unspecified atom stereocenters. The van der Waals surface area contributed by atoms with Gasteiger partial charge < -0.3 is 9.47 Å². The molecule has 0 fully saturated rings. The van der Waals surface area contributed by atoms with Gasteiger partial charge in [0.05, 0.1) is 12.8 Å². The topological polar surface area (TPSA) is 49.2 Å². The predicted molar refractivity (Wildman–Crippen MR) is 91.4 cm³/mol. The summed E-state index contributed by atoms with van der Waals surface area (Å²) >= 11 is 9.40. The number of benzene rings is 2. The van der Waals surface area contributed by atoms with E-state index in [1.807, 2.05) is 30.3 Å². The van der Waals surface area contributed by atoms with Gasteiger partial charge in [-0.05, 0) is 51.8 Å². The molecule has 23 heavy (non-hydrogen) atoms. The van der Waals surface area contributed by atoms with Crippen LogP contribution in [0.4, 0.5) is 0 Å². The molecule has 0 saturated heterocycles. The number of methoxy groups -OCH3 is 1. The Labute approximate surface area is 147 Å². The molecular formula is C16H13BrClN3O2. The highest BCUT2D eigenvalue weighted by atomic mass is 79.9. The van der Waals surface area contributed by atoms with Gasteiger partial charge >= 0.3 is 6.01 Å². The Morgan fingerprint density at radius 2 is 1.96 bits per heavy atom. The third-order valence-electron chi connectivity index (χ3n) is 3.15. The highest BCUT2D eigenvalue weighted by molar-refractivity contribution is 9.10. The van der Waals surface area contributed by atoms with Crippen LogP contribution >= 0.6 is 27.5 Å². The van der Waals surface area contributed by atoms with Crippen molar-refractivity contribution in [2.75, 3.05) is 7.11 Å². The minimum absolute atomic E-state index is 0.308. The summed E-state index contributed by atoms with van der Waals surface area (Å²) in [6.45, 7) is 0.385. The van der Waals surface area contributed by atoms with Crippen LogP contribution in [0.3, 0.4) is 0 Å². The van der Waals surface area contributed by atoms with Gasteiger partial charge in [-0.2, -0.15) is 4.98 Å². The maximum atomic E-state index is 5.94. The molecule has 1 aromatic heterocycles. The van der Waals surface area contributed by atoms with Crippen LogP contribution in [0, 0.1) is 0 Å². The first-order valence-electron chi connectivity index (χ1n) is 6.78. The zero-order valence-corrected chi connectivity index (χ0v) is 14.6. The Hall–Kier alpha value is -2.05. The molecule has 0 aliphatic heterocycles. The normalized spacial score (nSPS) is 10.6. The van der Waals surface area contributed by atoms with E-state index in [-0.39, 0.29) is 0 Å². The molecule has 7 heteroatoms. The molecule has 1 heterocycles. The molecule has 3 rings (SSSR count). The fourth-order valence-corrected chi connectivity index (χ4v) is 2.83. The summed E-state index contributed by atoms with van der Waals surface area (Å²) in [4.78, 5) is 4.16. The van der Waals surface area contributed by atoms with Crippen LogP contribution in [0.5, 0.6) is 11.8 Å². The Kier molecular flexibility index (Phi) is 4.83. The SMILES string of the molecule is COc1ccc(COc2ncn(-c3ccc(Cl)cc3Br)n2)cc1. The van der Waals surface area contributed by atoms with Gasteiger partial charge in [0.15, 0.2) is 0 Å². The summed E-state index contributed by atoms with van der Waals surface area (Å²) in [7, 11) is 1.64. The van der Waals surface area contributed by atoms with Crippen LogP contribution in [0.1, 0.15) is 5.56 Å². The molecule has 0 atom stereocenters. The molecular weight excluding hydrogens is 382 g/mol. The number of hydrogen-bond donors (Lipinski definition) is 0. The number of rotatable bonds is 5. The van der Waals surface area contributed by atoms with Crippen molar-refractivity contribution < 1.29 is 9.47 Å². The average Bonchev–Trinajstić information content (AvgIpc) is 3.02. The summed E-state index contributed by atoms with van der Waals surface area (Å²) in [6.07, 6.45) is 1.59. The van der Waals surface area contributed by atoms with Crippen molar-refractivity contribution in [1.82, 2.24) is 14.8 Å². The molecule has 0 aliphatic carbocycles. The predicted octanol–water partition coefficient (Wildman–Crippen LogP) is 4.27. The largest absolute Gasteiger partial charge is 0.497 e. The van der Waals surface area contributed by atoms with Gasteiger partial charge in [-0.15, -0.1) is 5.10 Å². The molecule has 0 radical (unpaired) electrons. The number of hydrogen-bond acceptors (Lipinski definition) is 4. The van der Waals surface area contributed by atoms with Crippen LogP contribution in [0.15, 0.2) is 53.3 Å². The van der Waals surface area contributed by atoms with E-state index in [0.717, 1.165) is 21.5 Å². The maximum absolute atomic E-state index is 5.94. The fraction of sp³-hybridized carbons (Fsp3) is 0.125. The van der Waals surface area contributed by atoms with Crippen molar-refractivity contribution in [2.24, 2.45) is 0 Å². The van der Waals surface area contributed by atoms with Crippen molar-refractivity contribution in [3.63, 3.8) is 0 Å². The van der Waals surface area contributed by atoms with Crippen molar-refractivity contribution in [2.45, 2.75) is 6.61 Å². The second kappa shape index (κ2) is 7.02. The average molecular weight is 395 g/mol. The van der Waals surface area contributed by atoms with Crippen LogP contribution in [0.2, 0.25) is 5.02 Å². The number of aromatic nitrogens is 3. The van der Waals surface area contributed by atoms with Crippen molar-refractivity contribution in [3.05, 3.63) is 63.9 Å². The lowest BCUT2D eigenvalue weighted by Gasteiger charge is -2.05. The number of nitrogens with zero attached hydrogens (tertiary/aromatic N) is 3. The molecule has 5 nitrogen and oxygen atoms in total. The lowest BCUT2D eigenvalue weighted by Crippen LogP contribution is -1.99. The molecule has 0 bridgehead atoms. The van der Waals surface area contributed by atoms with E-state index in [1.54, 1.807) is 30.3 Å². The monoisotopic (exact) mass is 393 g/mol. The minimum atomic E-state index is 0.308. The van der Waals surface area contributed by atoms with E-state index in [1.165, 1.54) is 0 Å². The second-order valence-corrected chi connectivity index (χ2v) is 5.99. The van der Waals surface area contributed by atoms with E-state index in [4.69, 9.17) is 21.1 Å². The van der Waals surface area contributed by atoms with Crippen LogP contribution in [-0.4, -0.2) is 21.9 Å². The molecule has 2 aromatic carbocycles. The second-order valence-electron chi connectivity index (χ2n) is 4.70. The molecule has 0 amide bonds. The summed E-state index contributed by atoms with van der Waals surface area (Å²) in [6, 6.07) is 13.4. The van der Waals surface area contributed by atoms with Gasteiger partial charge in [-0.1, -0.05) is 23.7 Å². The van der Waals surface area contributed by atoms with Crippen molar-refractivity contribution in [3.8, 4) is 17.4 Å². The molecule has 0 spiro atoms. The van der Waals surface area contributed by atoms with Gasteiger partial charge in [-0.25, -0.2) is 4.68 Å². The lowest BCUT2D eigenvalue weighted by molar-refractivity contribution is 0.280. The highest BCUT2D eigenvalue weighted by Gasteiger charge is 2.08. The first-order valence-corrected chi connectivity index (χ1v) is 7.95. The minimum Gasteiger partial charge on any atom is -0.497 e. The van der Waals surface area contributed by atoms with Gasteiger partial charge in [0.25, 0.3) is 0 Å². The third kappa shape index (κ3) is 3.83. The number of ether oxygens (including phenoxy) is 2. The van der Waals surface area contributed by atoms with Crippen molar-refractivity contribution >= 4 is 27.5 Å². The van der Waals surface area contributed by atoms with Crippen LogP contribution in [-0.2, 0) is 6.61 Å². The standard InChI is InChI=1S/C16H13BrClN3O2/c1-22-13-5-2-11(3-6-13)9-23-16-19-10-21(20-16)15-7-4-12(18)8-14(15)17/h2-8,10H,9H2,1H3. The molecule has 0 saturated carbocycles. The zero-order valence-electron chi connectivity index (χ0n) is 12.2. The summed E-state index contributed by atoms with van der Waals surface area (Å²) in [5, 5.41) is 4.96. The molecule has 0 aliphatic rings. The van der Waals surface area contributed by atoms with E-state index >= 15 is 0 Å². The van der Waals surface area contributed by atoms with E-state index in [0.29, 0.717) is 17.6 Å². The maximum Gasteiger partial charge on any atom is 0.336 e. The fourth-order valence-electron chi connectivity index (χ4n) is 1.97. The van der Waals surface area contributed by atoms with Crippen molar-refractivity contribution in [1.29, 1.82) is 0 Å². The summed E-state index contributed by atoms with van der Waals surface area (Å²) in [5.74, 6) is 0.809. The molecule has 0 N–H and O–H groups in total. The van der Waals surface area contributed by atoms with Crippen LogP contribution in [0.25, 0.3) is 5.69 Å². The summed E-state index contributed by atoms with van der Waals surface area (Å²) < 4.78 is 13.2. The first kappa shape index (κ1) is 15.8. The third-order valence-corrected chi connectivity index (χ3v) is 4.02. The Morgan fingerprint density at radius 1 is 1.17 bits per heavy atom. The molecule has 3 aromatic rings. The van der Waals surface area contributed by atoms with E-state index < -0.39 is 0 Å². The van der Waals surface area contributed by atoms with Gasteiger partial charge in [-0.3, -0.25) is 0 Å². The quantitative estimate of drug-likeness (QED) is 0.648. The Bertz CT molecular complexity index is 805. The van der Waals surface area contributed by atoms with Gasteiger partial charge in [0.2, 0.25) is 0 Å². The van der Waals surface area contributed by atoms with E-state index in [2.05, 4.69) is 26.0 Å². The highest BCUT2D eigenvalue weighted by Crippen LogP contribution is 2.24. The summed E-state index contributed by atoms with van der Waals surface area (Å²) in [5.41, 5.74) is 1.84. The zero-order chi connectivity index (χ0) is 16.2. The van der Waals surface area contributed by atoms with Crippen LogP contribution < -0.4 is 9.47 Å². The van der Waals surface area contributed by atoms with E-state index in [9.17, 15) is 0 Å². The first-order chi connectivity index (χ1) is 11.2. The van der Waals surface area contributed by atoms with Gasteiger partial charge in [0.1, 0.15) is 18.7 Å².